The Bertz CT molecular complexity index is 970. The summed E-state index contributed by atoms with van der Waals surface area (Å²) < 4.78 is 33.4. The average molecular weight is 815 g/mol. The van der Waals surface area contributed by atoms with Crippen LogP contribution in [0.1, 0.15) is 206 Å². The summed E-state index contributed by atoms with van der Waals surface area (Å²) in [6, 6.07) is 0. The van der Waals surface area contributed by atoms with Gasteiger partial charge in [-0.05, 0) is 51.4 Å². The van der Waals surface area contributed by atoms with Crippen LogP contribution >= 0.6 is 7.82 Å². The van der Waals surface area contributed by atoms with Crippen LogP contribution in [0, 0.1) is 0 Å². The monoisotopic (exact) mass is 815 g/mol. The second-order valence-electron chi connectivity index (χ2n) is 15.4. The van der Waals surface area contributed by atoms with Crippen LogP contribution in [0.2, 0.25) is 0 Å². The first kappa shape index (κ1) is 54.7. The molecule has 0 aliphatic heterocycles. The number of aliphatic hydroxyl groups is 2. The zero-order valence-electron chi connectivity index (χ0n) is 36.1. The fourth-order valence-electron chi connectivity index (χ4n) is 6.30. The van der Waals surface area contributed by atoms with E-state index in [1.165, 1.54) is 128 Å². The summed E-state index contributed by atoms with van der Waals surface area (Å²) in [4.78, 5) is 22.6. The van der Waals surface area contributed by atoms with Crippen LogP contribution in [-0.2, 0) is 27.9 Å². The van der Waals surface area contributed by atoms with Crippen molar-refractivity contribution < 1.29 is 43.0 Å². The van der Waals surface area contributed by atoms with Crippen molar-refractivity contribution >= 4 is 13.8 Å². The summed E-state index contributed by atoms with van der Waals surface area (Å²) in [6.07, 6.45) is 46.7. The predicted molar refractivity (Wildman–Crippen MR) is 233 cm³/mol. The quantitative estimate of drug-likeness (QED) is 0.0238. The highest BCUT2D eigenvalue weighted by atomic mass is 31.2. The van der Waals surface area contributed by atoms with Crippen molar-refractivity contribution in [3.05, 3.63) is 36.5 Å². The number of carbonyl (C=O) groups excluding carboxylic acids is 1. The molecule has 10 heteroatoms. The van der Waals surface area contributed by atoms with E-state index >= 15 is 0 Å². The third-order valence-electron chi connectivity index (χ3n) is 9.83. The largest absolute Gasteiger partial charge is 0.472 e. The van der Waals surface area contributed by atoms with Gasteiger partial charge in [-0.2, -0.15) is 0 Å². The second kappa shape index (κ2) is 43.3. The van der Waals surface area contributed by atoms with E-state index in [0.29, 0.717) is 6.61 Å². The lowest BCUT2D eigenvalue weighted by molar-refractivity contribution is -0.154. The minimum absolute atomic E-state index is 0.0449. The average Bonchev–Trinajstić information content (AvgIpc) is 3.19. The molecule has 0 rings (SSSR count). The summed E-state index contributed by atoms with van der Waals surface area (Å²) in [5.74, 6) is -0.385. The molecule has 0 aliphatic carbocycles. The maximum Gasteiger partial charge on any atom is 0.472 e. The molecule has 0 saturated heterocycles. The molecule has 0 saturated carbocycles. The van der Waals surface area contributed by atoms with Crippen molar-refractivity contribution in [2.75, 3.05) is 33.0 Å². The Morgan fingerprint density at radius 1 is 0.554 bits per heavy atom. The van der Waals surface area contributed by atoms with E-state index in [4.69, 9.17) is 23.6 Å². The highest BCUT2D eigenvalue weighted by molar-refractivity contribution is 7.47. The van der Waals surface area contributed by atoms with Crippen LogP contribution in [0.15, 0.2) is 36.5 Å². The molecule has 56 heavy (non-hydrogen) atoms. The third-order valence-corrected chi connectivity index (χ3v) is 10.8. The summed E-state index contributed by atoms with van der Waals surface area (Å²) >= 11 is 0. The van der Waals surface area contributed by atoms with Gasteiger partial charge in [0.2, 0.25) is 0 Å². The van der Waals surface area contributed by atoms with Gasteiger partial charge in [0.25, 0.3) is 0 Å². The number of phosphoric acid groups is 1. The van der Waals surface area contributed by atoms with Gasteiger partial charge in [0, 0.05) is 13.0 Å². The molecule has 3 N–H and O–H groups in total. The van der Waals surface area contributed by atoms with Gasteiger partial charge in [0.1, 0.15) is 12.2 Å². The van der Waals surface area contributed by atoms with Gasteiger partial charge in [-0.15, -0.1) is 0 Å². The van der Waals surface area contributed by atoms with Crippen LogP contribution in [0.5, 0.6) is 0 Å². The molecule has 9 nitrogen and oxygen atoms in total. The molecule has 0 heterocycles. The van der Waals surface area contributed by atoms with E-state index < -0.39 is 33.2 Å². The zero-order valence-corrected chi connectivity index (χ0v) is 37.0. The van der Waals surface area contributed by atoms with Crippen LogP contribution in [0.4, 0.5) is 0 Å². The Kier molecular flexibility index (Phi) is 42.2. The molecule has 0 radical (unpaired) electrons. The third kappa shape index (κ3) is 42.3. The lowest BCUT2D eigenvalue weighted by atomic mass is 10.0. The maximum atomic E-state index is 12.6. The Labute approximate surface area is 344 Å². The number of esters is 1. The van der Waals surface area contributed by atoms with Gasteiger partial charge in [-0.1, -0.05) is 185 Å². The first-order chi connectivity index (χ1) is 27.3. The first-order valence-electron chi connectivity index (χ1n) is 23.0. The van der Waals surface area contributed by atoms with Crippen LogP contribution < -0.4 is 0 Å². The van der Waals surface area contributed by atoms with E-state index in [-0.39, 0.29) is 25.6 Å². The highest BCUT2D eigenvalue weighted by Crippen LogP contribution is 2.43. The van der Waals surface area contributed by atoms with Crippen molar-refractivity contribution in [2.24, 2.45) is 0 Å². The van der Waals surface area contributed by atoms with Gasteiger partial charge in [0.15, 0.2) is 0 Å². The standard InChI is InChI=1S/C46H87O9P/c1-3-5-7-9-11-13-15-17-18-19-20-21-22-23-24-25-27-29-31-33-35-37-39-52-42-45(43-54-56(50,51)53-41-44(48)40-47)55-46(49)38-36-34-32-30-28-26-16-14-12-10-8-6-4-2/h15,17,19-20,22-23,44-45,47-48H,3-14,16,18,21,24-43H2,1-2H3,(H,50,51)/b17-15-,20-19-,23-22-. The topological polar surface area (TPSA) is 132 Å². The van der Waals surface area contributed by atoms with Gasteiger partial charge >= 0.3 is 13.8 Å². The van der Waals surface area contributed by atoms with E-state index in [1.54, 1.807) is 0 Å². The molecule has 0 fully saturated rings. The SMILES string of the molecule is CCCCCCC/C=C\C/C=C\C/C=C\CCCCCCCCCOCC(COP(=O)(O)OCC(O)CO)OC(=O)CCCCCCCCCCCCCCC. The number of ether oxygens (including phenoxy) is 2. The molecule has 0 amide bonds. The number of phosphoric ester groups is 1. The Hall–Kier alpha value is -1.32. The summed E-state index contributed by atoms with van der Waals surface area (Å²) in [7, 11) is -4.52. The summed E-state index contributed by atoms with van der Waals surface area (Å²) in [5.41, 5.74) is 0. The minimum Gasteiger partial charge on any atom is -0.457 e. The fraction of sp³-hybridized carbons (Fsp3) is 0.848. The number of aliphatic hydroxyl groups excluding tert-OH is 2. The van der Waals surface area contributed by atoms with Gasteiger partial charge < -0.3 is 24.6 Å². The summed E-state index contributed by atoms with van der Waals surface area (Å²) in [5, 5.41) is 18.4. The van der Waals surface area contributed by atoms with Crippen molar-refractivity contribution in [3.63, 3.8) is 0 Å². The van der Waals surface area contributed by atoms with E-state index in [0.717, 1.165) is 57.8 Å². The molecule has 0 aromatic carbocycles. The zero-order chi connectivity index (χ0) is 41.1. The van der Waals surface area contributed by atoms with Gasteiger partial charge in [0.05, 0.1) is 26.4 Å². The number of allylic oxidation sites excluding steroid dienone is 6. The number of rotatable bonds is 44. The Balaban J connectivity index is 4.12. The molecule has 3 atom stereocenters. The van der Waals surface area contributed by atoms with E-state index in [9.17, 15) is 19.4 Å². The molecule has 0 spiro atoms. The number of unbranched alkanes of at least 4 members (excludes halogenated alkanes) is 24. The van der Waals surface area contributed by atoms with E-state index in [2.05, 4.69) is 50.3 Å². The highest BCUT2D eigenvalue weighted by Gasteiger charge is 2.26. The van der Waals surface area contributed by atoms with Crippen LogP contribution in [-0.4, -0.2) is 66.3 Å². The molecule has 0 aliphatic rings. The van der Waals surface area contributed by atoms with Gasteiger partial charge in [-0.25, -0.2) is 4.57 Å². The number of hydrogen-bond donors (Lipinski definition) is 3. The molecule has 330 valence electrons. The van der Waals surface area contributed by atoms with E-state index in [1.807, 2.05) is 0 Å². The van der Waals surface area contributed by atoms with Gasteiger partial charge in [-0.3, -0.25) is 13.8 Å². The Morgan fingerprint density at radius 3 is 1.45 bits per heavy atom. The van der Waals surface area contributed by atoms with Crippen LogP contribution in [0.25, 0.3) is 0 Å². The molecule has 0 aromatic heterocycles. The van der Waals surface area contributed by atoms with Crippen molar-refractivity contribution in [2.45, 2.75) is 219 Å². The number of hydrogen-bond acceptors (Lipinski definition) is 8. The normalized spacial score (nSPS) is 14.3. The van der Waals surface area contributed by atoms with Crippen LogP contribution in [0.3, 0.4) is 0 Å². The molecular weight excluding hydrogens is 727 g/mol. The van der Waals surface area contributed by atoms with Crippen molar-refractivity contribution in [3.8, 4) is 0 Å². The summed E-state index contributed by atoms with van der Waals surface area (Å²) in [6.45, 7) is 3.50. The van der Waals surface area contributed by atoms with Crippen molar-refractivity contribution in [1.29, 1.82) is 0 Å². The minimum atomic E-state index is -4.52. The lowest BCUT2D eigenvalue weighted by Gasteiger charge is -2.20. The maximum absolute atomic E-state index is 12.6. The number of carbonyl (C=O) groups is 1. The molecule has 0 aromatic rings. The molecule has 0 bridgehead atoms. The lowest BCUT2D eigenvalue weighted by Crippen LogP contribution is -2.29. The molecule has 3 unspecified atom stereocenters. The second-order valence-corrected chi connectivity index (χ2v) is 16.9. The predicted octanol–water partition coefficient (Wildman–Crippen LogP) is 12.8. The first-order valence-corrected chi connectivity index (χ1v) is 24.5. The Morgan fingerprint density at radius 2 is 0.964 bits per heavy atom. The smallest absolute Gasteiger partial charge is 0.457 e. The fourth-order valence-corrected chi connectivity index (χ4v) is 7.09. The van der Waals surface area contributed by atoms with Crippen molar-refractivity contribution in [1.82, 2.24) is 0 Å². The molecular formula is C46H87O9P.